The van der Waals surface area contributed by atoms with Crippen LogP contribution in [0.5, 0.6) is 5.75 Å². The van der Waals surface area contributed by atoms with E-state index < -0.39 is 18.0 Å². The summed E-state index contributed by atoms with van der Waals surface area (Å²) >= 11 is 0. The number of nitrogens with one attached hydrogen (secondary N) is 2. The first-order valence-electron chi connectivity index (χ1n) is 10.4. The molecule has 35 heavy (non-hydrogen) atoms. The molecule has 0 aliphatic heterocycles. The fourth-order valence-electron chi connectivity index (χ4n) is 2.91. The van der Waals surface area contributed by atoms with Crippen molar-refractivity contribution in [3.05, 3.63) is 47.2 Å². The number of halogens is 1. The highest BCUT2D eigenvalue weighted by Gasteiger charge is 2.20. The van der Waals surface area contributed by atoms with Crippen LogP contribution in [0.1, 0.15) is 34.8 Å². The summed E-state index contributed by atoms with van der Waals surface area (Å²) in [5, 5.41) is 20.8. The van der Waals surface area contributed by atoms with Crippen molar-refractivity contribution in [3.63, 3.8) is 0 Å². The zero-order chi connectivity index (χ0) is 26.1. The van der Waals surface area contributed by atoms with Gasteiger partial charge in [-0.1, -0.05) is 6.07 Å². The average molecular weight is 483 g/mol. The number of alkyl halides is 1. The van der Waals surface area contributed by atoms with Crippen LogP contribution in [0.15, 0.2) is 45.4 Å². The number of pyridine rings is 1. The summed E-state index contributed by atoms with van der Waals surface area (Å²) in [6.45, 7) is 4.52. The number of hydrogen-bond donors (Lipinski definition) is 5. The van der Waals surface area contributed by atoms with Crippen molar-refractivity contribution in [2.24, 2.45) is 26.4 Å². The van der Waals surface area contributed by atoms with Crippen molar-refractivity contribution in [2.45, 2.75) is 33.4 Å². The predicted molar refractivity (Wildman–Crippen MR) is 134 cm³/mol. The average Bonchev–Trinajstić information content (AvgIpc) is 2.78. The number of aromatic hydroxyl groups is 1. The molecule has 1 aromatic heterocycles. The Morgan fingerprint density at radius 3 is 2.66 bits per heavy atom. The van der Waals surface area contributed by atoms with Crippen LogP contribution in [-0.4, -0.2) is 58.2 Å². The summed E-state index contributed by atoms with van der Waals surface area (Å²) in [7, 11) is 0. The van der Waals surface area contributed by atoms with Gasteiger partial charge in [0, 0.05) is 18.8 Å². The van der Waals surface area contributed by atoms with E-state index >= 15 is 0 Å². The molecule has 1 unspecified atom stereocenters. The second-order valence-corrected chi connectivity index (χ2v) is 7.58. The van der Waals surface area contributed by atoms with Crippen LogP contribution in [0.25, 0.3) is 0 Å². The van der Waals surface area contributed by atoms with Gasteiger partial charge in [-0.25, -0.2) is 19.4 Å². The molecular formula is C23H27FN8O3. The number of primary amides is 1. The number of nitrogens with two attached hydrogens (primary N) is 2. The van der Waals surface area contributed by atoms with E-state index in [2.05, 4.69) is 25.3 Å². The Hall–Kier alpha value is -4.48. The molecular weight excluding hydrogens is 455 g/mol. The van der Waals surface area contributed by atoms with Crippen molar-refractivity contribution in [1.82, 2.24) is 4.98 Å². The Morgan fingerprint density at radius 2 is 2.03 bits per heavy atom. The fourth-order valence-corrected chi connectivity index (χ4v) is 2.91. The highest BCUT2D eigenvalue weighted by Crippen LogP contribution is 2.25. The normalized spacial score (nSPS) is 13.0. The molecule has 184 valence electrons. The zero-order valence-corrected chi connectivity index (χ0v) is 19.5. The SMILES string of the molecule is Cc1cc(C)c(NC(=O)C(CC(=N)C=NCN=C(N)C(C)F)=Nc2ncccc2O)c(C(N)=O)c1. The molecule has 0 spiro atoms. The first-order chi connectivity index (χ1) is 16.5. The molecule has 2 amide bonds. The topological polar surface area (TPSA) is 192 Å². The van der Waals surface area contributed by atoms with E-state index in [0.29, 0.717) is 5.56 Å². The van der Waals surface area contributed by atoms with Crippen molar-refractivity contribution in [2.75, 3.05) is 12.0 Å². The van der Waals surface area contributed by atoms with Gasteiger partial charge in [0.15, 0.2) is 17.7 Å². The van der Waals surface area contributed by atoms with E-state index in [1.807, 2.05) is 0 Å². The molecule has 0 aliphatic carbocycles. The summed E-state index contributed by atoms with van der Waals surface area (Å²) < 4.78 is 13.0. The van der Waals surface area contributed by atoms with Gasteiger partial charge in [0.25, 0.3) is 11.8 Å². The van der Waals surface area contributed by atoms with Crippen LogP contribution < -0.4 is 16.8 Å². The highest BCUT2D eigenvalue weighted by molar-refractivity contribution is 6.50. The van der Waals surface area contributed by atoms with Gasteiger partial charge in [-0.3, -0.25) is 14.6 Å². The minimum Gasteiger partial charge on any atom is -0.504 e. The van der Waals surface area contributed by atoms with Gasteiger partial charge in [0.2, 0.25) is 0 Å². The molecule has 0 fully saturated rings. The number of aliphatic imine (C=N–C) groups is 3. The van der Waals surface area contributed by atoms with E-state index in [0.717, 1.165) is 11.8 Å². The van der Waals surface area contributed by atoms with Gasteiger partial charge in [-0.05, 0) is 50.1 Å². The minimum atomic E-state index is -1.42. The van der Waals surface area contributed by atoms with E-state index in [-0.39, 0.29) is 53.2 Å². The molecule has 0 aliphatic rings. The molecule has 2 aromatic rings. The van der Waals surface area contributed by atoms with E-state index in [1.165, 1.54) is 25.3 Å². The second kappa shape index (κ2) is 12.1. The van der Waals surface area contributed by atoms with Crippen LogP contribution in [0.4, 0.5) is 15.9 Å². The van der Waals surface area contributed by atoms with Gasteiger partial charge >= 0.3 is 0 Å². The first-order valence-corrected chi connectivity index (χ1v) is 10.4. The number of carbonyl (C=O) groups is 2. The number of hydrogen-bond acceptors (Lipinski definition) is 8. The van der Waals surface area contributed by atoms with Gasteiger partial charge in [0.05, 0.1) is 17.0 Å². The summed E-state index contributed by atoms with van der Waals surface area (Å²) in [5.41, 5.74) is 12.3. The van der Waals surface area contributed by atoms with Gasteiger partial charge in [-0.2, -0.15) is 0 Å². The summed E-state index contributed by atoms with van der Waals surface area (Å²) in [6.07, 6.45) is 0.784. The zero-order valence-electron chi connectivity index (χ0n) is 19.5. The molecule has 0 saturated heterocycles. The van der Waals surface area contributed by atoms with Gasteiger partial charge < -0.3 is 27.3 Å². The maximum Gasteiger partial charge on any atom is 0.270 e. The third-order valence-electron chi connectivity index (χ3n) is 4.60. The Morgan fingerprint density at radius 1 is 1.31 bits per heavy atom. The Kier molecular flexibility index (Phi) is 9.27. The van der Waals surface area contributed by atoms with Crippen LogP contribution in [-0.2, 0) is 4.79 Å². The molecule has 0 bridgehead atoms. The molecule has 7 N–H and O–H groups in total. The maximum absolute atomic E-state index is 13.1. The van der Waals surface area contributed by atoms with E-state index in [1.54, 1.807) is 26.0 Å². The minimum absolute atomic E-state index is 0.116. The molecule has 0 radical (unpaired) electrons. The van der Waals surface area contributed by atoms with Crippen LogP contribution in [0.2, 0.25) is 0 Å². The van der Waals surface area contributed by atoms with Crippen molar-refractivity contribution in [3.8, 4) is 5.75 Å². The smallest absolute Gasteiger partial charge is 0.270 e. The van der Waals surface area contributed by atoms with Crippen LogP contribution in [0, 0.1) is 19.3 Å². The first kappa shape index (κ1) is 26.8. The van der Waals surface area contributed by atoms with Gasteiger partial charge in [-0.15, -0.1) is 0 Å². The molecule has 1 aromatic carbocycles. The highest BCUT2D eigenvalue weighted by atomic mass is 19.1. The lowest BCUT2D eigenvalue weighted by Crippen LogP contribution is -2.27. The predicted octanol–water partition coefficient (Wildman–Crippen LogP) is 2.37. The molecule has 11 nitrogen and oxygen atoms in total. The quantitative estimate of drug-likeness (QED) is 0.256. The van der Waals surface area contributed by atoms with E-state index in [9.17, 15) is 19.1 Å². The number of nitrogens with zero attached hydrogens (tertiary/aromatic N) is 4. The standard InChI is InChI=1S/C23H27FN8O3/c1-12-7-13(2)19(16(8-12)21(27)34)32-23(35)17(31-22-18(33)5-4-6-29-22)9-15(25)10-28-11-30-20(26)14(3)24/h4-8,10,14,25,33H,9,11H2,1-3H3,(H2,26,30)(H2,27,34)(H,32,35). The summed E-state index contributed by atoms with van der Waals surface area (Å²) in [5.74, 6) is -2.09. The maximum atomic E-state index is 13.1. The second-order valence-electron chi connectivity index (χ2n) is 7.58. The number of aryl methyl sites for hydroxylation is 2. The number of benzene rings is 1. The molecule has 1 heterocycles. The number of amides is 2. The molecule has 1 atom stereocenters. The molecule has 2 rings (SSSR count). The van der Waals surface area contributed by atoms with Crippen LogP contribution in [0.3, 0.4) is 0 Å². The number of amidine groups is 1. The number of anilines is 1. The lowest BCUT2D eigenvalue weighted by Gasteiger charge is -2.14. The lowest BCUT2D eigenvalue weighted by atomic mass is 10.0. The fraction of sp³-hybridized carbons (Fsp3) is 0.261. The van der Waals surface area contributed by atoms with Gasteiger partial charge in [0.1, 0.15) is 18.2 Å². The number of rotatable bonds is 10. The third kappa shape index (κ3) is 7.81. The van der Waals surface area contributed by atoms with Crippen molar-refractivity contribution < 1.29 is 19.1 Å². The summed E-state index contributed by atoms with van der Waals surface area (Å²) in [6, 6.07) is 6.15. The number of carbonyl (C=O) groups excluding carboxylic acids is 2. The lowest BCUT2D eigenvalue weighted by molar-refractivity contribution is -0.110. The third-order valence-corrected chi connectivity index (χ3v) is 4.60. The Bertz CT molecular complexity index is 1220. The van der Waals surface area contributed by atoms with E-state index in [4.69, 9.17) is 16.9 Å². The summed E-state index contributed by atoms with van der Waals surface area (Å²) in [4.78, 5) is 40.7. The largest absolute Gasteiger partial charge is 0.504 e. The molecule has 0 saturated carbocycles. The Labute approximate surface area is 201 Å². The van der Waals surface area contributed by atoms with Crippen LogP contribution >= 0.6 is 0 Å². The monoisotopic (exact) mass is 482 g/mol. The Balaban J connectivity index is 2.35. The van der Waals surface area contributed by atoms with Crippen molar-refractivity contribution >= 4 is 46.8 Å². The molecule has 12 heteroatoms. The number of aromatic nitrogens is 1. The van der Waals surface area contributed by atoms with Crippen molar-refractivity contribution in [1.29, 1.82) is 5.41 Å².